The fourth-order valence-electron chi connectivity index (χ4n) is 2.73. The number of carbonyl (C=O) groups is 2. The lowest BCUT2D eigenvalue weighted by Gasteiger charge is -2.09. The van der Waals surface area contributed by atoms with Crippen molar-refractivity contribution >= 4 is 40.7 Å². The molecule has 2 amide bonds. The van der Waals surface area contributed by atoms with Gasteiger partial charge in [-0.15, -0.1) is 0 Å². The van der Waals surface area contributed by atoms with Crippen LogP contribution in [-0.2, 0) is 17.8 Å². The third-order valence-electron chi connectivity index (χ3n) is 4.22. The highest BCUT2D eigenvalue weighted by Gasteiger charge is 2.10. The molecule has 148 valence electrons. The Hall–Kier alpha value is -2.89. The third kappa shape index (κ3) is 6.04. The number of aryl methyl sites for hydroxylation is 1. The average Bonchev–Trinajstić information content (AvgIpc) is 2.74. The SMILES string of the molecule is O=C(CCc1cccc(Cl)c1Cl)Nc1cccc(C(=O)NCc2ccccn2)c1. The highest BCUT2D eigenvalue weighted by Crippen LogP contribution is 2.26. The van der Waals surface area contributed by atoms with Gasteiger partial charge in [0.05, 0.1) is 22.3 Å². The largest absolute Gasteiger partial charge is 0.346 e. The maximum atomic E-state index is 12.4. The van der Waals surface area contributed by atoms with E-state index in [1.807, 2.05) is 24.3 Å². The smallest absolute Gasteiger partial charge is 0.251 e. The molecule has 1 aromatic heterocycles. The van der Waals surface area contributed by atoms with Gasteiger partial charge in [0.15, 0.2) is 0 Å². The molecule has 2 aromatic carbocycles. The van der Waals surface area contributed by atoms with Crippen LogP contribution in [0.25, 0.3) is 0 Å². The first-order chi connectivity index (χ1) is 14.0. The van der Waals surface area contributed by atoms with E-state index in [9.17, 15) is 9.59 Å². The first-order valence-corrected chi connectivity index (χ1v) is 9.79. The summed E-state index contributed by atoms with van der Waals surface area (Å²) in [7, 11) is 0. The van der Waals surface area contributed by atoms with Gasteiger partial charge in [-0.25, -0.2) is 0 Å². The molecule has 3 rings (SSSR count). The van der Waals surface area contributed by atoms with Crippen molar-refractivity contribution in [3.63, 3.8) is 0 Å². The quantitative estimate of drug-likeness (QED) is 0.563. The van der Waals surface area contributed by atoms with E-state index in [-0.39, 0.29) is 18.2 Å². The van der Waals surface area contributed by atoms with Crippen molar-refractivity contribution in [3.8, 4) is 0 Å². The maximum absolute atomic E-state index is 12.4. The van der Waals surface area contributed by atoms with Crippen molar-refractivity contribution in [2.45, 2.75) is 19.4 Å². The van der Waals surface area contributed by atoms with Gasteiger partial charge in [-0.3, -0.25) is 14.6 Å². The standard InChI is InChI=1S/C22H19Cl2N3O2/c23-19-9-4-5-15(21(19)24)10-11-20(28)27-17-8-3-6-16(13-17)22(29)26-14-18-7-1-2-12-25-18/h1-9,12-13H,10-11,14H2,(H,26,29)(H,27,28). The number of rotatable bonds is 7. The van der Waals surface area contributed by atoms with E-state index in [0.717, 1.165) is 11.3 Å². The zero-order valence-corrected chi connectivity index (χ0v) is 17.0. The summed E-state index contributed by atoms with van der Waals surface area (Å²) in [6.45, 7) is 0.330. The molecule has 0 saturated carbocycles. The number of halogens is 2. The average molecular weight is 428 g/mol. The molecule has 7 heteroatoms. The minimum absolute atomic E-state index is 0.174. The fourth-order valence-corrected chi connectivity index (χ4v) is 3.14. The van der Waals surface area contributed by atoms with Crippen LogP contribution in [0.5, 0.6) is 0 Å². The van der Waals surface area contributed by atoms with Crippen LogP contribution in [0.15, 0.2) is 66.9 Å². The van der Waals surface area contributed by atoms with Gasteiger partial charge in [-0.05, 0) is 48.4 Å². The Bertz CT molecular complexity index is 1010. The van der Waals surface area contributed by atoms with Crippen LogP contribution in [0.4, 0.5) is 5.69 Å². The Labute approximate surface area is 179 Å². The first-order valence-electron chi connectivity index (χ1n) is 9.04. The van der Waals surface area contributed by atoms with Crippen LogP contribution < -0.4 is 10.6 Å². The Morgan fingerprint density at radius 3 is 2.59 bits per heavy atom. The minimum Gasteiger partial charge on any atom is -0.346 e. The molecule has 0 radical (unpaired) electrons. The van der Waals surface area contributed by atoms with Gasteiger partial charge in [0.2, 0.25) is 5.91 Å². The first kappa shape index (κ1) is 20.8. The molecule has 5 nitrogen and oxygen atoms in total. The number of carbonyl (C=O) groups excluding carboxylic acids is 2. The van der Waals surface area contributed by atoms with E-state index in [4.69, 9.17) is 23.2 Å². The predicted molar refractivity (Wildman–Crippen MR) is 115 cm³/mol. The molecule has 0 aliphatic carbocycles. The lowest BCUT2D eigenvalue weighted by atomic mass is 10.1. The van der Waals surface area contributed by atoms with E-state index in [1.54, 1.807) is 42.6 Å². The summed E-state index contributed by atoms with van der Waals surface area (Å²) in [5.74, 6) is -0.412. The van der Waals surface area contributed by atoms with Crippen LogP contribution in [-0.4, -0.2) is 16.8 Å². The molecular weight excluding hydrogens is 409 g/mol. The molecule has 29 heavy (non-hydrogen) atoms. The van der Waals surface area contributed by atoms with Gasteiger partial charge in [-0.2, -0.15) is 0 Å². The number of amides is 2. The lowest BCUT2D eigenvalue weighted by Crippen LogP contribution is -2.23. The van der Waals surface area contributed by atoms with E-state index < -0.39 is 0 Å². The molecule has 0 atom stereocenters. The number of hydrogen-bond acceptors (Lipinski definition) is 3. The van der Waals surface area contributed by atoms with Crippen molar-refractivity contribution in [1.82, 2.24) is 10.3 Å². The van der Waals surface area contributed by atoms with E-state index >= 15 is 0 Å². The normalized spacial score (nSPS) is 10.4. The molecule has 1 heterocycles. The summed E-state index contributed by atoms with van der Waals surface area (Å²) in [6.07, 6.45) is 2.39. The third-order valence-corrected chi connectivity index (χ3v) is 5.08. The molecule has 0 saturated heterocycles. The Balaban J connectivity index is 1.55. The van der Waals surface area contributed by atoms with E-state index in [1.165, 1.54) is 0 Å². The zero-order chi connectivity index (χ0) is 20.6. The molecule has 0 aliphatic rings. The second-order valence-corrected chi connectivity index (χ2v) is 7.13. The fraction of sp³-hybridized carbons (Fsp3) is 0.136. The summed E-state index contributed by atoms with van der Waals surface area (Å²) < 4.78 is 0. The number of aromatic nitrogens is 1. The number of anilines is 1. The summed E-state index contributed by atoms with van der Waals surface area (Å²) in [6, 6.07) is 17.6. The van der Waals surface area contributed by atoms with Crippen LogP contribution in [0, 0.1) is 0 Å². The molecule has 0 spiro atoms. The van der Waals surface area contributed by atoms with Crippen LogP contribution in [0.1, 0.15) is 28.0 Å². The minimum atomic E-state index is -0.238. The zero-order valence-electron chi connectivity index (χ0n) is 15.5. The number of nitrogens with zero attached hydrogens (tertiary/aromatic N) is 1. The molecule has 0 aliphatic heterocycles. The number of benzene rings is 2. The van der Waals surface area contributed by atoms with Gasteiger partial charge in [0, 0.05) is 23.9 Å². The summed E-state index contributed by atoms with van der Waals surface area (Å²) in [5, 5.41) is 6.55. The second kappa shape index (κ2) is 10.0. The number of hydrogen-bond donors (Lipinski definition) is 2. The predicted octanol–water partition coefficient (Wildman–Crippen LogP) is 4.89. The van der Waals surface area contributed by atoms with Gasteiger partial charge < -0.3 is 10.6 Å². The molecule has 2 N–H and O–H groups in total. The summed E-state index contributed by atoms with van der Waals surface area (Å²) >= 11 is 12.2. The molecule has 0 unspecified atom stereocenters. The maximum Gasteiger partial charge on any atom is 0.251 e. The molecule has 0 fully saturated rings. The highest BCUT2D eigenvalue weighted by molar-refractivity contribution is 6.42. The Kier molecular flexibility index (Phi) is 7.22. The van der Waals surface area contributed by atoms with Crippen molar-refractivity contribution < 1.29 is 9.59 Å². The van der Waals surface area contributed by atoms with Gasteiger partial charge in [-0.1, -0.05) is 47.5 Å². The van der Waals surface area contributed by atoms with Crippen molar-refractivity contribution in [3.05, 3.63) is 93.7 Å². The van der Waals surface area contributed by atoms with Crippen molar-refractivity contribution in [2.75, 3.05) is 5.32 Å². The van der Waals surface area contributed by atoms with Gasteiger partial charge >= 0.3 is 0 Å². The summed E-state index contributed by atoms with van der Waals surface area (Å²) in [5.41, 5.74) is 2.59. The Morgan fingerprint density at radius 1 is 0.966 bits per heavy atom. The van der Waals surface area contributed by atoms with Gasteiger partial charge in [0.25, 0.3) is 5.91 Å². The van der Waals surface area contributed by atoms with Crippen LogP contribution in [0.2, 0.25) is 10.0 Å². The van der Waals surface area contributed by atoms with Crippen molar-refractivity contribution in [2.24, 2.45) is 0 Å². The highest BCUT2D eigenvalue weighted by atomic mass is 35.5. The van der Waals surface area contributed by atoms with Crippen molar-refractivity contribution in [1.29, 1.82) is 0 Å². The topological polar surface area (TPSA) is 71.1 Å². The molecule has 3 aromatic rings. The number of nitrogens with one attached hydrogen (secondary N) is 2. The molecule has 0 bridgehead atoms. The van der Waals surface area contributed by atoms with Crippen LogP contribution >= 0.6 is 23.2 Å². The van der Waals surface area contributed by atoms with E-state index in [0.29, 0.717) is 34.3 Å². The van der Waals surface area contributed by atoms with Gasteiger partial charge in [0.1, 0.15) is 0 Å². The summed E-state index contributed by atoms with van der Waals surface area (Å²) in [4.78, 5) is 28.8. The van der Waals surface area contributed by atoms with Crippen LogP contribution in [0.3, 0.4) is 0 Å². The molecular formula is C22H19Cl2N3O2. The van der Waals surface area contributed by atoms with E-state index in [2.05, 4.69) is 15.6 Å². The lowest BCUT2D eigenvalue weighted by molar-refractivity contribution is -0.116. The number of pyridine rings is 1. The monoisotopic (exact) mass is 427 g/mol. The Morgan fingerprint density at radius 2 is 1.79 bits per heavy atom. The second-order valence-electron chi connectivity index (χ2n) is 6.35.